The highest BCUT2D eigenvalue weighted by Crippen LogP contribution is 2.33. The predicted molar refractivity (Wildman–Crippen MR) is 151 cm³/mol. The number of carbonyl (C=O) groups is 2. The van der Waals surface area contributed by atoms with Gasteiger partial charge in [0.2, 0.25) is 0 Å². The molecule has 1 aromatic rings. The number of nitrogens with zero attached hydrogens (tertiary/aromatic N) is 2. The van der Waals surface area contributed by atoms with E-state index in [-0.39, 0.29) is 35.9 Å². The summed E-state index contributed by atoms with van der Waals surface area (Å²) in [5.74, 6) is 1.41. The summed E-state index contributed by atoms with van der Waals surface area (Å²) in [7, 11) is 3.25. The van der Waals surface area contributed by atoms with Crippen LogP contribution in [0, 0.1) is 11.8 Å². The maximum Gasteiger partial charge on any atom is 0.410 e. The second-order valence-electron chi connectivity index (χ2n) is 11.3. The van der Waals surface area contributed by atoms with E-state index >= 15 is 0 Å². The Bertz CT molecular complexity index is 965. The van der Waals surface area contributed by atoms with E-state index in [0.29, 0.717) is 62.7 Å². The monoisotopic (exact) mass is 561 g/mol. The first kappa shape index (κ1) is 30.4. The number of rotatable bonds is 14. The van der Waals surface area contributed by atoms with E-state index in [0.717, 1.165) is 45.2 Å². The average molecular weight is 562 g/mol. The van der Waals surface area contributed by atoms with Gasteiger partial charge in [0.25, 0.3) is 5.91 Å². The molecule has 0 radical (unpaired) electrons. The van der Waals surface area contributed by atoms with E-state index in [1.165, 1.54) is 0 Å². The number of amides is 2. The fourth-order valence-corrected chi connectivity index (χ4v) is 5.62. The van der Waals surface area contributed by atoms with E-state index in [4.69, 9.17) is 23.7 Å². The molecule has 3 fully saturated rings. The van der Waals surface area contributed by atoms with Gasteiger partial charge in [0.15, 0.2) is 11.5 Å². The van der Waals surface area contributed by atoms with Crippen LogP contribution in [-0.4, -0.2) is 107 Å². The zero-order valence-corrected chi connectivity index (χ0v) is 24.6. The van der Waals surface area contributed by atoms with Crippen LogP contribution in [0.5, 0.6) is 11.5 Å². The van der Waals surface area contributed by atoms with Crippen molar-refractivity contribution in [3.63, 3.8) is 0 Å². The van der Waals surface area contributed by atoms with Crippen molar-refractivity contribution >= 4 is 12.0 Å². The minimum atomic E-state index is -0.201. The molecular formula is C30H47N3O7. The number of hydrogen-bond donors (Lipinski definition) is 1. The summed E-state index contributed by atoms with van der Waals surface area (Å²) in [6, 6.07) is 5.84. The van der Waals surface area contributed by atoms with Crippen molar-refractivity contribution < 1.29 is 33.3 Å². The highest BCUT2D eigenvalue weighted by atomic mass is 16.6. The molecule has 1 aliphatic carbocycles. The Hall–Kier alpha value is -2.56. The number of carbonyl (C=O) groups excluding carboxylic acids is 2. The van der Waals surface area contributed by atoms with Gasteiger partial charge >= 0.3 is 6.09 Å². The first-order valence-corrected chi connectivity index (χ1v) is 14.8. The van der Waals surface area contributed by atoms with Crippen molar-refractivity contribution in [2.24, 2.45) is 11.8 Å². The third kappa shape index (κ3) is 8.01. The van der Waals surface area contributed by atoms with Gasteiger partial charge in [-0.25, -0.2) is 4.79 Å². The molecule has 224 valence electrons. The summed E-state index contributed by atoms with van der Waals surface area (Å²) in [4.78, 5) is 30.7. The van der Waals surface area contributed by atoms with E-state index in [1.54, 1.807) is 32.4 Å². The molecule has 1 N–H and O–H groups in total. The third-order valence-electron chi connectivity index (χ3n) is 8.11. The van der Waals surface area contributed by atoms with Crippen LogP contribution in [-0.2, 0) is 14.2 Å². The first-order chi connectivity index (χ1) is 19.4. The molecule has 2 heterocycles. The Morgan fingerprint density at radius 2 is 1.73 bits per heavy atom. The maximum atomic E-state index is 13.7. The molecule has 0 aromatic heterocycles. The molecule has 1 saturated carbocycles. The van der Waals surface area contributed by atoms with Gasteiger partial charge in [-0.1, -0.05) is 0 Å². The average Bonchev–Trinajstić information content (AvgIpc) is 3.69. The van der Waals surface area contributed by atoms with E-state index in [1.807, 2.05) is 23.6 Å². The molecule has 4 rings (SSSR count). The number of hydrogen-bond acceptors (Lipinski definition) is 8. The molecule has 0 bridgehead atoms. The predicted octanol–water partition coefficient (Wildman–Crippen LogP) is 3.58. The summed E-state index contributed by atoms with van der Waals surface area (Å²) < 4.78 is 27.9. The van der Waals surface area contributed by atoms with E-state index in [2.05, 4.69) is 5.32 Å². The van der Waals surface area contributed by atoms with Crippen molar-refractivity contribution in [1.29, 1.82) is 0 Å². The van der Waals surface area contributed by atoms with Crippen molar-refractivity contribution in [1.82, 2.24) is 15.1 Å². The molecule has 10 heteroatoms. The minimum absolute atomic E-state index is 0.00310. The van der Waals surface area contributed by atoms with Gasteiger partial charge < -0.3 is 38.8 Å². The molecule has 2 amide bonds. The standard InChI is InChI=1S/C30H47N3O7/c1-21(2)32(29(34)22-6-9-27(37-4)28(16-22)39-13-5-12-36-3)19-23-17-31-18-24(23)20-40-30(35)33(25-7-8-25)26-10-14-38-15-11-26/h6,9,16,21,23-26,31H,5,7-8,10-15,17-20H2,1-4H3/t23-,24-/m0/s1. The summed E-state index contributed by atoms with van der Waals surface area (Å²) in [5.41, 5.74) is 0.557. The van der Waals surface area contributed by atoms with Crippen LogP contribution in [0.3, 0.4) is 0 Å². The Kier molecular flexibility index (Phi) is 11.3. The molecule has 0 spiro atoms. The van der Waals surface area contributed by atoms with Gasteiger partial charge in [0.05, 0.1) is 20.3 Å². The molecule has 3 aliphatic rings. The smallest absolute Gasteiger partial charge is 0.410 e. The minimum Gasteiger partial charge on any atom is -0.493 e. The maximum absolute atomic E-state index is 13.7. The summed E-state index contributed by atoms with van der Waals surface area (Å²) in [5, 5.41) is 3.45. The second kappa shape index (κ2) is 14.9. The Morgan fingerprint density at radius 1 is 1.00 bits per heavy atom. The topological polar surface area (TPSA) is 98.8 Å². The summed E-state index contributed by atoms with van der Waals surface area (Å²) in [6.07, 6.45) is 4.39. The highest BCUT2D eigenvalue weighted by molar-refractivity contribution is 5.95. The largest absolute Gasteiger partial charge is 0.493 e. The van der Waals surface area contributed by atoms with Crippen LogP contribution in [0.2, 0.25) is 0 Å². The number of ether oxygens (including phenoxy) is 5. The Balaban J connectivity index is 1.37. The molecule has 2 aliphatic heterocycles. The van der Waals surface area contributed by atoms with E-state index in [9.17, 15) is 9.59 Å². The van der Waals surface area contributed by atoms with Gasteiger partial charge in [-0.15, -0.1) is 0 Å². The summed E-state index contributed by atoms with van der Waals surface area (Å²) >= 11 is 0. The van der Waals surface area contributed by atoms with Crippen molar-refractivity contribution in [3.05, 3.63) is 23.8 Å². The lowest BCUT2D eigenvalue weighted by Gasteiger charge is -2.34. The van der Waals surface area contributed by atoms with Gasteiger partial charge in [0, 0.05) is 82.6 Å². The van der Waals surface area contributed by atoms with Crippen LogP contribution in [0.4, 0.5) is 4.79 Å². The third-order valence-corrected chi connectivity index (χ3v) is 8.11. The molecule has 1 aromatic carbocycles. The lowest BCUT2D eigenvalue weighted by atomic mass is 9.95. The van der Waals surface area contributed by atoms with Crippen molar-refractivity contribution in [3.8, 4) is 11.5 Å². The fraction of sp³-hybridized carbons (Fsp3) is 0.733. The van der Waals surface area contributed by atoms with Crippen molar-refractivity contribution in [2.45, 2.75) is 64.1 Å². The fourth-order valence-electron chi connectivity index (χ4n) is 5.62. The van der Waals surface area contributed by atoms with Crippen LogP contribution >= 0.6 is 0 Å². The van der Waals surface area contributed by atoms with Gasteiger partial charge in [0.1, 0.15) is 0 Å². The molecule has 0 unspecified atom stereocenters. The van der Waals surface area contributed by atoms with Crippen LogP contribution in [0.25, 0.3) is 0 Å². The lowest BCUT2D eigenvalue weighted by molar-refractivity contribution is 0.0174. The van der Waals surface area contributed by atoms with Crippen LogP contribution < -0.4 is 14.8 Å². The first-order valence-electron chi connectivity index (χ1n) is 14.8. The van der Waals surface area contributed by atoms with Gasteiger partial charge in [-0.05, 0) is 63.6 Å². The van der Waals surface area contributed by atoms with Crippen LogP contribution in [0.1, 0.15) is 56.3 Å². The molecule has 10 nitrogen and oxygen atoms in total. The number of nitrogens with one attached hydrogen (secondary N) is 1. The molecule has 2 saturated heterocycles. The second-order valence-corrected chi connectivity index (χ2v) is 11.3. The van der Waals surface area contributed by atoms with Crippen molar-refractivity contribution in [2.75, 3.05) is 66.9 Å². The SMILES string of the molecule is COCCCOc1cc(C(=O)N(C[C@@H]2CNC[C@H]2COC(=O)N(C2CCOCC2)C2CC2)C(C)C)ccc1OC. The zero-order valence-electron chi connectivity index (χ0n) is 24.6. The highest BCUT2D eigenvalue weighted by Gasteiger charge is 2.40. The number of methoxy groups -OCH3 is 2. The van der Waals surface area contributed by atoms with Crippen LogP contribution in [0.15, 0.2) is 18.2 Å². The van der Waals surface area contributed by atoms with Gasteiger partial charge in [-0.2, -0.15) is 0 Å². The summed E-state index contributed by atoms with van der Waals surface area (Å²) in [6.45, 7) is 9.00. The Labute approximate surface area is 238 Å². The molecular weight excluding hydrogens is 514 g/mol. The number of benzene rings is 1. The normalized spacial score (nSPS) is 21.3. The van der Waals surface area contributed by atoms with Gasteiger partial charge in [-0.3, -0.25) is 4.79 Å². The molecule has 40 heavy (non-hydrogen) atoms. The quantitative estimate of drug-likeness (QED) is 0.344. The zero-order chi connectivity index (χ0) is 28.5. The Morgan fingerprint density at radius 3 is 2.40 bits per heavy atom. The molecule has 2 atom stereocenters. The van der Waals surface area contributed by atoms with E-state index < -0.39 is 0 Å². The lowest BCUT2D eigenvalue weighted by Crippen LogP contribution is -2.46.